The average Bonchev–Trinajstić information content (AvgIpc) is 2.30. The molecule has 0 saturated carbocycles. The highest BCUT2D eigenvalue weighted by Crippen LogP contribution is 2.34. The standard InChI is InChI=1S/C6H5F2IN2S/c7-6(8)2-11(3-6)4-1-10-5(9)12-4/h1H,2-3H2. The summed E-state index contributed by atoms with van der Waals surface area (Å²) in [6.07, 6.45) is 1.64. The molecule has 0 atom stereocenters. The third kappa shape index (κ3) is 1.54. The summed E-state index contributed by atoms with van der Waals surface area (Å²) in [6, 6.07) is 0. The second kappa shape index (κ2) is 2.76. The first-order valence-corrected chi connectivity index (χ1v) is 5.20. The van der Waals surface area contributed by atoms with Crippen LogP contribution in [0.2, 0.25) is 0 Å². The summed E-state index contributed by atoms with van der Waals surface area (Å²) in [5.41, 5.74) is 0. The highest BCUT2D eigenvalue weighted by atomic mass is 127. The molecule has 1 aromatic heterocycles. The van der Waals surface area contributed by atoms with Gasteiger partial charge in [-0.05, 0) is 22.6 Å². The first kappa shape index (κ1) is 8.61. The molecule has 6 heteroatoms. The van der Waals surface area contributed by atoms with Crippen LogP contribution in [0.15, 0.2) is 6.20 Å². The molecule has 1 aliphatic rings. The third-order valence-electron chi connectivity index (χ3n) is 1.62. The van der Waals surface area contributed by atoms with Gasteiger partial charge in [0.15, 0.2) is 3.01 Å². The maximum Gasteiger partial charge on any atom is 0.282 e. The van der Waals surface area contributed by atoms with Gasteiger partial charge in [0.2, 0.25) is 0 Å². The molecule has 0 spiro atoms. The zero-order chi connectivity index (χ0) is 8.77. The Balaban J connectivity index is 2.06. The molecule has 0 N–H and O–H groups in total. The molecule has 0 aromatic carbocycles. The Morgan fingerprint density at radius 1 is 1.58 bits per heavy atom. The van der Waals surface area contributed by atoms with Gasteiger partial charge in [-0.15, -0.1) is 0 Å². The molecule has 0 unspecified atom stereocenters. The zero-order valence-electron chi connectivity index (χ0n) is 5.93. The number of rotatable bonds is 1. The van der Waals surface area contributed by atoms with Crippen LogP contribution >= 0.6 is 33.9 Å². The predicted molar refractivity (Wildman–Crippen MR) is 52.0 cm³/mol. The Labute approximate surface area is 85.7 Å². The lowest BCUT2D eigenvalue weighted by atomic mass is 10.2. The first-order chi connectivity index (χ1) is 5.57. The van der Waals surface area contributed by atoms with E-state index in [1.54, 1.807) is 11.1 Å². The number of aromatic nitrogens is 1. The average molecular weight is 302 g/mol. The summed E-state index contributed by atoms with van der Waals surface area (Å²) >= 11 is 3.52. The van der Waals surface area contributed by atoms with E-state index in [1.807, 2.05) is 0 Å². The molecule has 0 bridgehead atoms. The van der Waals surface area contributed by atoms with E-state index in [0.717, 1.165) is 8.02 Å². The van der Waals surface area contributed by atoms with E-state index < -0.39 is 5.92 Å². The monoisotopic (exact) mass is 302 g/mol. The summed E-state index contributed by atoms with van der Waals surface area (Å²) in [6.45, 7) is -0.323. The van der Waals surface area contributed by atoms with Crippen LogP contribution in [0.5, 0.6) is 0 Å². The van der Waals surface area contributed by atoms with Gasteiger partial charge < -0.3 is 4.90 Å². The van der Waals surface area contributed by atoms with Crippen molar-refractivity contribution in [1.82, 2.24) is 4.98 Å². The van der Waals surface area contributed by atoms with Crippen LogP contribution in [0, 0.1) is 3.01 Å². The molecule has 12 heavy (non-hydrogen) atoms. The van der Waals surface area contributed by atoms with E-state index in [0.29, 0.717) is 0 Å². The molecule has 1 aliphatic heterocycles. The Bertz CT molecular complexity index is 293. The number of alkyl halides is 2. The van der Waals surface area contributed by atoms with Crippen molar-refractivity contribution in [2.24, 2.45) is 0 Å². The minimum absolute atomic E-state index is 0.161. The topological polar surface area (TPSA) is 16.1 Å². The zero-order valence-corrected chi connectivity index (χ0v) is 8.90. The normalized spacial score (nSPS) is 20.8. The van der Waals surface area contributed by atoms with Crippen LogP contribution in [-0.4, -0.2) is 24.0 Å². The molecule has 1 aromatic rings. The summed E-state index contributed by atoms with van der Waals surface area (Å²) in [5.74, 6) is -2.49. The molecule has 1 saturated heterocycles. The summed E-state index contributed by atoms with van der Waals surface area (Å²) < 4.78 is 25.7. The molecule has 2 rings (SSSR count). The van der Waals surface area contributed by atoms with Crippen molar-refractivity contribution in [1.29, 1.82) is 0 Å². The van der Waals surface area contributed by atoms with Gasteiger partial charge in [-0.3, -0.25) is 0 Å². The van der Waals surface area contributed by atoms with Gasteiger partial charge in [-0.1, -0.05) is 11.3 Å². The number of anilines is 1. The Morgan fingerprint density at radius 2 is 2.25 bits per heavy atom. The van der Waals surface area contributed by atoms with Crippen molar-refractivity contribution in [2.45, 2.75) is 5.92 Å². The second-order valence-corrected chi connectivity index (χ2v) is 5.43. The Kier molecular flexibility index (Phi) is 1.98. The van der Waals surface area contributed by atoms with E-state index in [4.69, 9.17) is 0 Å². The van der Waals surface area contributed by atoms with Crippen molar-refractivity contribution in [3.8, 4) is 0 Å². The van der Waals surface area contributed by atoms with Crippen LogP contribution in [-0.2, 0) is 0 Å². The molecule has 66 valence electrons. The van der Waals surface area contributed by atoms with Gasteiger partial charge in [0, 0.05) is 0 Å². The van der Waals surface area contributed by atoms with E-state index in [1.165, 1.54) is 11.3 Å². The van der Waals surface area contributed by atoms with Gasteiger partial charge in [-0.2, -0.15) is 0 Å². The fourth-order valence-electron chi connectivity index (χ4n) is 1.06. The van der Waals surface area contributed by atoms with Gasteiger partial charge in [-0.25, -0.2) is 13.8 Å². The molecule has 2 heterocycles. The highest BCUT2D eigenvalue weighted by molar-refractivity contribution is 14.1. The lowest BCUT2D eigenvalue weighted by Gasteiger charge is -2.39. The molecule has 0 radical (unpaired) electrons. The summed E-state index contributed by atoms with van der Waals surface area (Å²) in [5, 5.41) is 0.838. The minimum Gasteiger partial charge on any atom is -0.350 e. The number of hydrogen-bond donors (Lipinski definition) is 0. The van der Waals surface area contributed by atoms with Crippen LogP contribution in [0.1, 0.15) is 0 Å². The lowest BCUT2D eigenvalue weighted by Crippen LogP contribution is -2.56. The molecule has 0 amide bonds. The van der Waals surface area contributed by atoms with Gasteiger partial charge >= 0.3 is 0 Å². The van der Waals surface area contributed by atoms with Gasteiger partial charge in [0.05, 0.1) is 19.3 Å². The maximum atomic E-state index is 12.4. The SMILES string of the molecule is FC1(F)CN(c2cnc(I)s2)C1. The molecule has 0 aliphatic carbocycles. The van der Waals surface area contributed by atoms with Crippen molar-refractivity contribution < 1.29 is 8.78 Å². The smallest absolute Gasteiger partial charge is 0.282 e. The predicted octanol–water partition coefficient (Wildman–Crippen LogP) is 2.20. The van der Waals surface area contributed by atoms with E-state index in [2.05, 4.69) is 27.6 Å². The summed E-state index contributed by atoms with van der Waals surface area (Å²) in [4.78, 5) is 5.62. The van der Waals surface area contributed by atoms with E-state index >= 15 is 0 Å². The summed E-state index contributed by atoms with van der Waals surface area (Å²) in [7, 11) is 0. The fraction of sp³-hybridized carbons (Fsp3) is 0.500. The highest BCUT2D eigenvalue weighted by Gasteiger charge is 2.44. The van der Waals surface area contributed by atoms with Crippen molar-refractivity contribution in [3.05, 3.63) is 9.21 Å². The molecular weight excluding hydrogens is 297 g/mol. The van der Waals surface area contributed by atoms with E-state index in [9.17, 15) is 8.78 Å². The Hall–Kier alpha value is 0.0200. The third-order valence-corrected chi connectivity index (χ3v) is 3.41. The van der Waals surface area contributed by atoms with Crippen molar-refractivity contribution >= 4 is 38.9 Å². The number of halogens is 3. The van der Waals surface area contributed by atoms with Crippen LogP contribution in [0.4, 0.5) is 13.8 Å². The first-order valence-electron chi connectivity index (χ1n) is 3.31. The van der Waals surface area contributed by atoms with Crippen molar-refractivity contribution in [3.63, 3.8) is 0 Å². The number of hydrogen-bond acceptors (Lipinski definition) is 3. The fourth-order valence-corrected chi connectivity index (χ4v) is 2.52. The van der Waals surface area contributed by atoms with E-state index in [-0.39, 0.29) is 13.1 Å². The lowest BCUT2D eigenvalue weighted by molar-refractivity contribution is -0.0258. The number of nitrogens with zero attached hydrogens (tertiary/aromatic N) is 2. The Morgan fingerprint density at radius 3 is 2.67 bits per heavy atom. The second-order valence-electron chi connectivity index (χ2n) is 2.66. The van der Waals surface area contributed by atoms with Gasteiger partial charge in [0.1, 0.15) is 5.00 Å². The molecule has 2 nitrogen and oxygen atoms in total. The van der Waals surface area contributed by atoms with Crippen LogP contribution in [0.3, 0.4) is 0 Å². The van der Waals surface area contributed by atoms with Crippen LogP contribution in [0.25, 0.3) is 0 Å². The van der Waals surface area contributed by atoms with Crippen LogP contribution < -0.4 is 4.90 Å². The van der Waals surface area contributed by atoms with Crippen molar-refractivity contribution in [2.75, 3.05) is 18.0 Å². The largest absolute Gasteiger partial charge is 0.350 e. The quantitative estimate of drug-likeness (QED) is 0.739. The number of thiazole rings is 1. The molecule has 1 fully saturated rings. The maximum absolute atomic E-state index is 12.4. The minimum atomic E-state index is -2.49. The van der Waals surface area contributed by atoms with Gasteiger partial charge in [0.25, 0.3) is 5.92 Å². The molecular formula is C6H5F2IN2S.